The summed E-state index contributed by atoms with van der Waals surface area (Å²) in [5, 5.41) is 37.8. The van der Waals surface area contributed by atoms with Crippen LogP contribution in [0.4, 0.5) is 17.1 Å². The molecular formula is C110H124BrCl6N6O3W3-3. The van der Waals surface area contributed by atoms with Gasteiger partial charge in [-0.25, -0.2) is 0 Å². The van der Waals surface area contributed by atoms with Crippen molar-refractivity contribution in [3.8, 4) is 16.9 Å². The van der Waals surface area contributed by atoms with E-state index in [0.717, 1.165) is 144 Å². The second-order valence-corrected chi connectivity index (χ2v) is 45.0. The number of nitrogens with zero attached hydrogens (tertiary/aromatic N) is 6. The van der Waals surface area contributed by atoms with Crippen molar-refractivity contribution in [1.29, 1.82) is 0 Å². The van der Waals surface area contributed by atoms with E-state index in [2.05, 4.69) is 278 Å². The first-order valence-electron chi connectivity index (χ1n) is 42.4. The molecule has 3 aromatic heterocycles. The summed E-state index contributed by atoms with van der Waals surface area (Å²) in [6.45, 7) is 54.5. The summed E-state index contributed by atoms with van der Waals surface area (Å²) < 4.78 is 21.4. The molecule has 0 bridgehead atoms. The van der Waals surface area contributed by atoms with E-state index < -0.39 is 66.0 Å². The number of halogens is 7. The molecule has 129 heavy (non-hydrogen) atoms. The Hall–Kier alpha value is -7.47. The molecule has 3 N–H and O–H groups in total. The minimum atomic E-state index is -1.01. The zero-order chi connectivity index (χ0) is 95.9. The predicted octanol–water partition coefficient (Wildman–Crippen LogP) is 33.1. The predicted molar refractivity (Wildman–Crippen MR) is 549 cm³/mol. The van der Waals surface area contributed by atoms with E-state index in [-0.39, 0.29) is 16.2 Å². The largest absolute Gasteiger partial charge is 0.665 e. The normalized spacial score (nSPS) is 10.8. The Kier molecular flexibility index (Phi) is 45.2. The number of aromatic hydroxyl groups is 1. The Labute approximate surface area is 831 Å². The Morgan fingerprint density at radius 2 is 0.574 bits per heavy atom. The molecule has 0 atom stereocenters. The molecule has 682 valence electrons. The molecule has 0 aliphatic carbocycles. The fraction of sp³-hybridized carbons (Fsp3) is 0.282. The van der Waals surface area contributed by atoms with Gasteiger partial charge in [0, 0.05) is 5.39 Å². The summed E-state index contributed by atoms with van der Waals surface area (Å²) in [5.41, 5.74) is 31.3. The minimum Gasteiger partial charge on any atom is -0.665 e. The van der Waals surface area contributed by atoms with Crippen LogP contribution in [0.5, 0.6) is 5.75 Å². The number of aromatic nitrogens is 3. The molecule has 0 fully saturated rings. The van der Waals surface area contributed by atoms with Gasteiger partial charge in [-0.1, -0.05) is 203 Å². The summed E-state index contributed by atoms with van der Waals surface area (Å²) in [6, 6.07) is 76.1. The van der Waals surface area contributed by atoms with Crippen molar-refractivity contribution in [1.82, 2.24) is 15.0 Å². The maximum atomic E-state index is 10.9. The summed E-state index contributed by atoms with van der Waals surface area (Å²) in [4.78, 5) is 12.3. The van der Waals surface area contributed by atoms with Crippen molar-refractivity contribution >= 4 is 127 Å². The summed E-state index contributed by atoms with van der Waals surface area (Å²) in [5.74, 6) is 0.298. The molecular weight excluding hydrogens is 2300 g/mol. The summed E-state index contributed by atoms with van der Waals surface area (Å²) >= 11 is 37.0. The van der Waals surface area contributed by atoms with Crippen LogP contribution in [0.25, 0.3) is 21.9 Å². The molecule has 3 heterocycles. The number of aryl methyl sites for hydroxylation is 18. The van der Waals surface area contributed by atoms with Crippen molar-refractivity contribution in [3.05, 3.63) is 394 Å². The van der Waals surface area contributed by atoms with Crippen molar-refractivity contribution in [2.45, 2.75) is 198 Å². The number of benzene rings is 11. The van der Waals surface area contributed by atoms with Crippen LogP contribution in [-0.4, -0.2) is 28.5 Å². The van der Waals surface area contributed by atoms with E-state index in [1.54, 1.807) is 0 Å². The van der Waals surface area contributed by atoms with Crippen LogP contribution in [-0.2, 0) is 59.2 Å². The van der Waals surface area contributed by atoms with Gasteiger partial charge >= 0.3 is 356 Å². The van der Waals surface area contributed by atoms with Crippen LogP contribution in [0.1, 0.15) is 196 Å². The fourth-order valence-corrected chi connectivity index (χ4v) is 24.6. The Balaban J connectivity index is 0.000000228. The molecule has 11 aromatic carbocycles. The summed E-state index contributed by atoms with van der Waals surface area (Å²) in [7, 11) is 0. The van der Waals surface area contributed by atoms with Crippen LogP contribution in [0.15, 0.2) is 245 Å². The molecule has 0 radical (unpaired) electrons. The average Bonchev–Trinajstić information content (AvgIpc) is 1.52. The van der Waals surface area contributed by atoms with Gasteiger partial charge in [-0.05, 0) is 188 Å². The number of hydrogen-bond acceptors (Lipinski definition) is 6. The maximum Gasteiger partial charge on any atom is 0.138 e. The van der Waals surface area contributed by atoms with Gasteiger partial charge in [0.25, 0.3) is 0 Å². The first kappa shape index (κ1) is 110. The Morgan fingerprint density at radius 3 is 0.829 bits per heavy atom. The fourth-order valence-electron chi connectivity index (χ4n) is 14.1. The number of rotatable bonds is 10. The number of fused-ring (bicyclic) bond motifs is 1. The Morgan fingerprint density at radius 1 is 0.318 bits per heavy atom. The van der Waals surface area contributed by atoms with E-state index in [9.17, 15) is 15.3 Å². The molecule has 0 amide bonds. The molecule has 19 heteroatoms. The third-order valence-corrected chi connectivity index (χ3v) is 33.7. The molecule has 0 saturated carbocycles. The van der Waals surface area contributed by atoms with Crippen LogP contribution < -0.4 is 15.0 Å². The van der Waals surface area contributed by atoms with E-state index in [1.165, 1.54) is 27.8 Å². The molecule has 9 nitrogen and oxygen atoms in total. The Bertz CT molecular complexity index is 5670. The van der Waals surface area contributed by atoms with Gasteiger partial charge in [0.05, 0.1) is 4.47 Å². The van der Waals surface area contributed by atoms with Crippen LogP contribution in [0.3, 0.4) is 0 Å². The second-order valence-electron chi connectivity index (χ2n) is 34.9. The molecule has 0 aliphatic rings. The molecule has 0 unspecified atom stereocenters. The molecule has 0 aliphatic heterocycles. The maximum absolute atomic E-state index is 10.9. The van der Waals surface area contributed by atoms with Crippen molar-refractivity contribution in [2.75, 3.05) is 0 Å². The first-order chi connectivity index (χ1) is 60.6. The summed E-state index contributed by atoms with van der Waals surface area (Å²) in [6.07, 6.45) is -1.09. The van der Waals surface area contributed by atoms with E-state index in [1.807, 2.05) is 187 Å². The van der Waals surface area contributed by atoms with Gasteiger partial charge in [-0.2, -0.15) is 34.2 Å². The van der Waals surface area contributed by atoms with Gasteiger partial charge in [0.2, 0.25) is 0 Å². The van der Waals surface area contributed by atoms with E-state index >= 15 is 0 Å². The van der Waals surface area contributed by atoms with Crippen LogP contribution in [0.2, 0.25) is 30.1 Å². The zero-order valence-corrected chi connectivity index (χ0v) is 94.1. The van der Waals surface area contributed by atoms with Gasteiger partial charge in [0.15, 0.2) is 0 Å². The van der Waals surface area contributed by atoms with Crippen molar-refractivity contribution in [3.63, 3.8) is 0 Å². The average molecular weight is 2420 g/mol. The van der Waals surface area contributed by atoms with Crippen molar-refractivity contribution in [2.24, 2.45) is 21.3 Å². The van der Waals surface area contributed by atoms with Crippen molar-refractivity contribution < 1.29 is 69.1 Å². The molecule has 14 aromatic rings. The SMILES string of the molecule is CC(C)(C)[CH]=[W]=[N]c1c(Cl)cccc1Cl.CC(C)(C)[CH]=[W]=[N]c1c(Cl)cccc1Cl.CC(C)([CH]=[W]=[N]c1c(Cl)cccc1Cl)c1ccccc1.Cc1cc(C)c(C(O)c2c(C)cc(C)cc2C)c(C)c1.Cc1cc(C)c(C(O)c2c(C)cc(C)cc2C)c(C)c1.Cc1ccc(C)[n-]1.Cc1ccc(C)[n-]1.Cc1ccc(C)[n-]1.Oc1c(Br)ccc2cccc(-c3ccccc3)c12. The van der Waals surface area contributed by atoms with Gasteiger partial charge < -0.3 is 30.3 Å². The van der Waals surface area contributed by atoms with E-state index in [4.69, 9.17) is 69.6 Å². The van der Waals surface area contributed by atoms with Gasteiger partial charge in [0.1, 0.15) is 18.0 Å². The molecule has 14 rings (SSSR count). The number of aliphatic hydroxyl groups is 2. The number of phenolic OH excluding ortho intramolecular Hbond substituents is 1. The van der Waals surface area contributed by atoms with Gasteiger partial charge in [-0.3, -0.25) is 0 Å². The van der Waals surface area contributed by atoms with Crippen LogP contribution >= 0.6 is 85.5 Å². The second kappa shape index (κ2) is 52.8. The number of phenols is 1. The number of aliphatic hydroxyl groups excluding tert-OH is 2. The third-order valence-electron chi connectivity index (χ3n) is 19.8. The van der Waals surface area contributed by atoms with E-state index in [0.29, 0.717) is 35.9 Å². The smallest absolute Gasteiger partial charge is 0.138 e. The van der Waals surface area contributed by atoms with Gasteiger partial charge in [-0.15, -0.1) is 0 Å². The molecule has 0 spiro atoms. The van der Waals surface area contributed by atoms with Crippen LogP contribution in [0, 0.1) is 135 Å². The number of hydrogen-bond donors (Lipinski definition) is 3. The first-order valence-corrected chi connectivity index (χ1v) is 54.5. The molecule has 0 saturated heterocycles. The monoisotopic (exact) mass is 2420 g/mol. The topological polar surface area (TPSA) is 140 Å². The quantitative estimate of drug-likeness (QED) is 0.125. The zero-order valence-electron chi connectivity index (χ0n) is 79.2. The third kappa shape index (κ3) is 36.5. The minimum absolute atomic E-state index is 0.0309. The standard InChI is InChI=1S/2C19H24O.C16H11BrO.C10H12.3C6H3Cl2N.3C6H8N.2C5H10.3W/c2*1-11-7-13(3)17(14(4)8-11)19(20)18-15(5)9-12(2)10-16(18)6;17-14-10-9-12-7-4-8-13(15(12)16(14)18)11-5-2-1-3-6-11;1-10(2,3)9-7-5-4-6-8-9;3*7-4-2-1-3-5(8)6(4)9;3*1-5-3-4-6(2)7-5;2*1-5(2,3)4;;;/h2*7-10,19-20H,1-6H3;1-10,18H;1,4-8H,2-3H3;3*1-3H;3*3-4H,1-2H3;2*1H,2-4H3;;;/q;;;;;;;3*-1;;;;;.